The third kappa shape index (κ3) is 9.40. The van der Waals surface area contributed by atoms with Crippen molar-refractivity contribution in [2.24, 2.45) is 0 Å². The molecule has 0 unspecified atom stereocenters. The highest BCUT2D eigenvalue weighted by molar-refractivity contribution is 7.89. The van der Waals surface area contributed by atoms with Crippen molar-refractivity contribution in [3.8, 4) is 10.4 Å². The molecule has 0 aliphatic heterocycles. The maximum absolute atomic E-state index is 12.9. The SMILES string of the molecule is CCCCCC(=O)Nc1nc(C)c(-c2ccc(Cl)c(S(=O)(=O)NCCNC(=O)OC(C)(C)C)c2)s1. The Morgan fingerprint density at radius 2 is 1.89 bits per heavy atom. The van der Waals surface area contributed by atoms with Crippen LogP contribution in [0, 0.1) is 6.92 Å². The van der Waals surface area contributed by atoms with E-state index in [-0.39, 0.29) is 28.9 Å². The van der Waals surface area contributed by atoms with Crippen molar-refractivity contribution in [1.29, 1.82) is 0 Å². The van der Waals surface area contributed by atoms with Crippen LogP contribution >= 0.6 is 22.9 Å². The van der Waals surface area contributed by atoms with Gasteiger partial charge in [0.05, 0.1) is 15.6 Å². The molecule has 194 valence electrons. The lowest BCUT2D eigenvalue weighted by Gasteiger charge is -2.19. The van der Waals surface area contributed by atoms with Crippen molar-refractivity contribution < 1.29 is 22.7 Å². The van der Waals surface area contributed by atoms with Crippen LogP contribution in [0.25, 0.3) is 10.4 Å². The number of ether oxygens (including phenoxy) is 1. The number of anilines is 1. The molecule has 0 aliphatic rings. The van der Waals surface area contributed by atoms with Gasteiger partial charge in [-0.3, -0.25) is 4.79 Å². The van der Waals surface area contributed by atoms with Gasteiger partial charge in [0.15, 0.2) is 5.13 Å². The highest BCUT2D eigenvalue weighted by Gasteiger charge is 2.21. The van der Waals surface area contributed by atoms with Crippen molar-refractivity contribution in [3.63, 3.8) is 0 Å². The Labute approximate surface area is 216 Å². The summed E-state index contributed by atoms with van der Waals surface area (Å²) in [6, 6.07) is 4.69. The standard InChI is InChI=1S/C23H33ClN4O5S2/c1-6-7-8-9-19(29)28-21-27-15(2)20(34-21)16-10-11-17(24)18(14-16)35(31,32)26-13-12-25-22(30)33-23(3,4)5/h10-11,14,26H,6-9,12-13H2,1-5H3,(H,25,30)(H,27,28,29). The number of hydrogen-bond donors (Lipinski definition) is 3. The predicted octanol–water partition coefficient (Wildman–Crippen LogP) is 5.09. The molecule has 35 heavy (non-hydrogen) atoms. The number of thiazole rings is 1. The lowest BCUT2D eigenvalue weighted by molar-refractivity contribution is -0.116. The van der Waals surface area contributed by atoms with Crippen LogP contribution in [0.15, 0.2) is 23.1 Å². The molecule has 0 saturated carbocycles. The molecule has 0 saturated heterocycles. The predicted molar refractivity (Wildman–Crippen MR) is 139 cm³/mol. The van der Waals surface area contributed by atoms with E-state index in [1.807, 2.05) is 0 Å². The first-order chi connectivity index (χ1) is 16.3. The lowest BCUT2D eigenvalue weighted by Crippen LogP contribution is -2.37. The summed E-state index contributed by atoms with van der Waals surface area (Å²) in [5, 5.41) is 5.83. The van der Waals surface area contributed by atoms with Gasteiger partial charge in [0.1, 0.15) is 10.5 Å². The van der Waals surface area contributed by atoms with Crippen molar-refractivity contribution >= 4 is 50.1 Å². The monoisotopic (exact) mass is 544 g/mol. The van der Waals surface area contributed by atoms with Gasteiger partial charge in [-0.05, 0) is 51.8 Å². The van der Waals surface area contributed by atoms with Crippen molar-refractivity contribution in [1.82, 2.24) is 15.0 Å². The number of unbranched alkanes of at least 4 members (excludes halogenated alkanes) is 2. The Morgan fingerprint density at radius 1 is 1.17 bits per heavy atom. The van der Waals surface area contributed by atoms with Crippen molar-refractivity contribution in [3.05, 3.63) is 28.9 Å². The number of carbonyl (C=O) groups is 2. The second kappa shape index (κ2) is 12.7. The smallest absolute Gasteiger partial charge is 0.407 e. The highest BCUT2D eigenvalue weighted by atomic mass is 35.5. The summed E-state index contributed by atoms with van der Waals surface area (Å²) >= 11 is 7.47. The topological polar surface area (TPSA) is 126 Å². The van der Waals surface area contributed by atoms with Crippen LogP contribution in [0.5, 0.6) is 0 Å². The number of aromatic nitrogens is 1. The summed E-state index contributed by atoms with van der Waals surface area (Å²) in [5.74, 6) is -0.0951. The van der Waals surface area contributed by atoms with E-state index in [0.29, 0.717) is 22.8 Å². The zero-order valence-electron chi connectivity index (χ0n) is 20.7. The Hall–Kier alpha value is -2.21. The molecule has 0 bridgehead atoms. The summed E-state index contributed by atoms with van der Waals surface area (Å²) in [4.78, 5) is 28.9. The zero-order valence-corrected chi connectivity index (χ0v) is 23.0. The minimum atomic E-state index is -3.95. The van der Waals surface area contributed by atoms with E-state index in [9.17, 15) is 18.0 Å². The van der Waals surface area contributed by atoms with E-state index in [1.165, 1.54) is 23.5 Å². The molecular formula is C23H33ClN4O5S2. The Morgan fingerprint density at radius 3 is 2.54 bits per heavy atom. The number of sulfonamides is 1. The number of nitrogens with one attached hydrogen (secondary N) is 3. The number of rotatable bonds is 11. The van der Waals surface area contributed by atoms with E-state index in [4.69, 9.17) is 16.3 Å². The number of carbonyl (C=O) groups excluding carboxylic acids is 2. The quantitative estimate of drug-likeness (QED) is 0.338. The van der Waals surface area contributed by atoms with E-state index in [1.54, 1.807) is 33.8 Å². The first kappa shape index (κ1) is 29.0. The molecule has 0 spiro atoms. The third-order valence-corrected chi connectivity index (χ3v) is 7.68. The number of aryl methyl sites for hydroxylation is 1. The lowest BCUT2D eigenvalue weighted by atomic mass is 10.2. The molecule has 0 radical (unpaired) electrons. The molecule has 1 aromatic heterocycles. The minimum absolute atomic E-state index is 0.0424. The normalized spacial score (nSPS) is 11.8. The fourth-order valence-corrected chi connectivity index (χ4v) is 5.56. The summed E-state index contributed by atoms with van der Waals surface area (Å²) < 4.78 is 33.3. The first-order valence-corrected chi connectivity index (χ1v) is 14.0. The van der Waals surface area contributed by atoms with Crippen molar-refractivity contribution in [2.75, 3.05) is 18.4 Å². The second-order valence-electron chi connectivity index (χ2n) is 8.91. The Kier molecular flexibility index (Phi) is 10.5. The maximum Gasteiger partial charge on any atom is 0.407 e. The van der Waals surface area contributed by atoms with Gasteiger partial charge >= 0.3 is 6.09 Å². The van der Waals surface area contributed by atoms with Gasteiger partial charge in [0.25, 0.3) is 0 Å². The first-order valence-electron chi connectivity index (χ1n) is 11.4. The average Bonchev–Trinajstić information content (AvgIpc) is 3.10. The van der Waals surface area contributed by atoms with Crippen LogP contribution in [-0.4, -0.2) is 44.1 Å². The summed E-state index contributed by atoms with van der Waals surface area (Å²) in [7, 11) is -3.95. The van der Waals surface area contributed by atoms with Crippen LogP contribution in [0.3, 0.4) is 0 Å². The molecule has 1 heterocycles. The molecular weight excluding hydrogens is 512 g/mol. The van der Waals surface area contributed by atoms with Gasteiger partial charge in [-0.2, -0.15) is 0 Å². The molecule has 3 N–H and O–H groups in total. The molecule has 0 fully saturated rings. The number of halogens is 1. The van der Waals surface area contributed by atoms with E-state index in [0.717, 1.165) is 24.1 Å². The van der Waals surface area contributed by atoms with Crippen LogP contribution in [0.4, 0.5) is 9.93 Å². The van der Waals surface area contributed by atoms with Gasteiger partial charge in [-0.25, -0.2) is 22.9 Å². The molecule has 0 atom stereocenters. The number of amides is 2. The van der Waals surface area contributed by atoms with E-state index < -0.39 is 21.7 Å². The fourth-order valence-electron chi connectivity index (χ4n) is 3.03. The summed E-state index contributed by atoms with van der Waals surface area (Å²) in [5.41, 5.74) is 0.631. The number of alkyl carbamates (subject to hydrolysis) is 1. The molecule has 9 nitrogen and oxygen atoms in total. The zero-order chi connectivity index (χ0) is 26.2. The number of nitrogens with zero attached hydrogens (tertiary/aromatic N) is 1. The summed E-state index contributed by atoms with van der Waals surface area (Å²) in [6.07, 6.45) is 2.64. The van der Waals surface area contributed by atoms with E-state index in [2.05, 4.69) is 27.3 Å². The maximum atomic E-state index is 12.9. The summed E-state index contributed by atoms with van der Waals surface area (Å²) in [6.45, 7) is 9.07. The van der Waals surface area contributed by atoms with Crippen LogP contribution in [0.2, 0.25) is 5.02 Å². The molecule has 2 rings (SSSR count). The van der Waals surface area contributed by atoms with Gasteiger partial charge < -0.3 is 15.4 Å². The average molecular weight is 545 g/mol. The fraction of sp³-hybridized carbons (Fsp3) is 0.522. The van der Waals surface area contributed by atoms with Crippen LogP contribution in [-0.2, 0) is 19.6 Å². The molecule has 1 aromatic carbocycles. The Balaban J connectivity index is 2.08. The van der Waals surface area contributed by atoms with Crippen LogP contribution < -0.4 is 15.4 Å². The molecule has 2 amide bonds. The molecule has 0 aliphatic carbocycles. The van der Waals surface area contributed by atoms with Crippen LogP contribution in [0.1, 0.15) is 59.1 Å². The number of hydrogen-bond acceptors (Lipinski definition) is 7. The van der Waals surface area contributed by atoms with Gasteiger partial charge in [-0.15, -0.1) is 0 Å². The van der Waals surface area contributed by atoms with Crippen molar-refractivity contribution in [2.45, 2.75) is 70.8 Å². The molecule has 12 heteroatoms. The minimum Gasteiger partial charge on any atom is -0.444 e. The van der Waals surface area contributed by atoms with Gasteiger partial charge in [-0.1, -0.05) is 48.8 Å². The largest absolute Gasteiger partial charge is 0.444 e. The van der Waals surface area contributed by atoms with Gasteiger partial charge in [0.2, 0.25) is 15.9 Å². The van der Waals surface area contributed by atoms with Gasteiger partial charge in [0, 0.05) is 19.5 Å². The second-order valence-corrected chi connectivity index (χ2v) is 12.1. The number of benzene rings is 1. The van der Waals surface area contributed by atoms with E-state index >= 15 is 0 Å². The molecule has 2 aromatic rings. The highest BCUT2D eigenvalue weighted by Crippen LogP contribution is 2.35. The Bertz CT molecular complexity index is 1140. The third-order valence-electron chi connectivity index (χ3n) is 4.62.